The second kappa shape index (κ2) is 3.40. The van der Waals surface area contributed by atoms with Crippen LogP contribution in [0.25, 0.3) is 0 Å². The zero-order valence-electron chi connectivity index (χ0n) is 10.3. The Morgan fingerprint density at radius 3 is 2.18 bits per heavy atom. The highest BCUT2D eigenvalue weighted by Crippen LogP contribution is 2.36. The second-order valence-corrected chi connectivity index (χ2v) is 5.10. The lowest BCUT2D eigenvalue weighted by molar-refractivity contribution is -0.539. The number of nitrogens with zero attached hydrogens (tertiary/aromatic N) is 4. The molecule has 17 heavy (non-hydrogen) atoms. The molecule has 0 saturated carbocycles. The summed E-state index contributed by atoms with van der Waals surface area (Å²) >= 11 is 0. The molecule has 0 saturated heterocycles. The lowest BCUT2D eigenvalue weighted by atomic mass is 9.84. The molecule has 0 aliphatic carbocycles. The van der Waals surface area contributed by atoms with E-state index in [2.05, 4.69) is 9.97 Å². The number of amidine groups is 1. The SMILES string of the molecule is CC1(C)N([O])C(c2ncccn2)=[N+]([O-])C1(C)C. The minimum absolute atomic E-state index is 0.0272. The summed E-state index contributed by atoms with van der Waals surface area (Å²) in [6, 6.07) is 1.64. The molecule has 1 radical (unpaired) electrons. The van der Waals surface area contributed by atoms with E-state index < -0.39 is 11.1 Å². The van der Waals surface area contributed by atoms with Gasteiger partial charge in [0.15, 0.2) is 5.54 Å². The van der Waals surface area contributed by atoms with E-state index in [1.165, 1.54) is 12.4 Å². The number of aromatic nitrogens is 2. The van der Waals surface area contributed by atoms with Crippen LogP contribution in [0.4, 0.5) is 0 Å². The summed E-state index contributed by atoms with van der Waals surface area (Å²) in [6.45, 7) is 6.95. The van der Waals surface area contributed by atoms with Crippen molar-refractivity contribution in [2.24, 2.45) is 0 Å². The Kier molecular flexibility index (Phi) is 2.36. The van der Waals surface area contributed by atoms with Crippen molar-refractivity contribution in [3.05, 3.63) is 29.5 Å². The fourth-order valence-electron chi connectivity index (χ4n) is 1.71. The number of hydroxylamine groups is 3. The smallest absolute Gasteiger partial charge is 0.355 e. The minimum Gasteiger partial charge on any atom is -0.714 e. The van der Waals surface area contributed by atoms with Crippen molar-refractivity contribution in [1.29, 1.82) is 0 Å². The fourth-order valence-corrected chi connectivity index (χ4v) is 1.71. The topological polar surface area (TPSA) is 75.0 Å². The third-order valence-electron chi connectivity index (χ3n) is 3.66. The first-order valence-electron chi connectivity index (χ1n) is 5.39. The van der Waals surface area contributed by atoms with Crippen LogP contribution in [0, 0.1) is 5.21 Å². The molecule has 0 fully saturated rings. The minimum atomic E-state index is -0.830. The summed E-state index contributed by atoms with van der Waals surface area (Å²) in [7, 11) is 0. The Balaban J connectivity index is 2.59. The van der Waals surface area contributed by atoms with Crippen LogP contribution in [0.15, 0.2) is 18.5 Å². The highest BCUT2D eigenvalue weighted by atomic mass is 16.5. The molecule has 0 atom stereocenters. The summed E-state index contributed by atoms with van der Waals surface area (Å²) in [6.07, 6.45) is 3.02. The molecular weight excluding hydrogens is 220 g/mol. The maximum Gasteiger partial charge on any atom is 0.355 e. The Bertz CT molecular complexity index is 468. The molecule has 1 aromatic rings. The van der Waals surface area contributed by atoms with Crippen LogP contribution in [0.5, 0.6) is 0 Å². The van der Waals surface area contributed by atoms with Crippen molar-refractivity contribution in [2.75, 3.05) is 0 Å². The summed E-state index contributed by atoms with van der Waals surface area (Å²) in [5.74, 6) is 0.136. The van der Waals surface area contributed by atoms with Crippen molar-refractivity contribution in [2.45, 2.75) is 38.8 Å². The van der Waals surface area contributed by atoms with Gasteiger partial charge in [0.05, 0.1) is 0 Å². The van der Waals surface area contributed by atoms with E-state index in [-0.39, 0.29) is 11.7 Å². The summed E-state index contributed by atoms with van der Waals surface area (Å²) in [5.41, 5.74) is -1.66. The quantitative estimate of drug-likeness (QED) is 0.536. The van der Waals surface area contributed by atoms with Gasteiger partial charge in [-0.25, -0.2) is 9.97 Å². The van der Waals surface area contributed by atoms with Crippen LogP contribution in [0.3, 0.4) is 0 Å². The van der Waals surface area contributed by atoms with Gasteiger partial charge < -0.3 is 5.21 Å². The molecule has 1 aliphatic rings. The first kappa shape index (κ1) is 11.8. The number of hydrogen-bond donors (Lipinski definition) is 0. The van der Waals surface area contributed by atoms with Crippen molar-refractivity contribution >= 4 is 5.84 Å². The molecule has 0 amide bonds. The Labute approximate surface area is 99.8 Å². The zero-order chi connectivity index (χ0) is 12.8. The van der Waals surface area contributed by atoms with E-state index in [0.29, 0.717) is 9.80 Å². The molecule has 91 valence electrons. The molecule has 0 aromatic carbocycles. The first-order valence-corrected chi connectivity index (χ1v) is 5.39. The van der Waals surface area contributed by atoms with Crippen molar-refractivity contribution in [3.8, 4) is 0 Å². The molecule has 1 aliphatic heterocycles. The molecule has 6 heteroatoms. The highest BCUT2D eigenvalue weighted by Gasteiger charge is 2.60. The number of hydrogen-bond acceptors (Lipinski definition) is 4. The van der Waals surface area contributed by atoms with Crippen LogP contribution >= 0.6 is 0 Å². The van der Waals surface area contributed by atoms with Crippen molar-refractivity contribution in [1.82, 2.24) is 15.0 Å². The van der Waals surface area contributed by atoms with Gasteiger partial charge in [0.25, 0.3) is 0 Å². The van der Waals surface area contributed by atoms with Gasteiger partial charge in [-0.15, -0.1) is 0 Å². The van der Waals surface area contributed by atoms with Gasteiger partial charge in [-0.1, -0.05) is 5.06 Å². The molecule has 1 aromatic heterocycles. The lowest BCUT2D eigenvalue weighted by Crippen LogP contribution is -2.53. The number of rotatable bonds is 1. The Morgan fingerprint density at radius 2 is 1.76 bits per heavy atom. The lowest BCUT2D eigenvalue weighted by Gasteiger charge is -2.32. The van der Waals surface area contributed by atoms with Gasteiger partial charge >= 0.3 is 5.84 Å². The third kappa shape index (κ3) is 1.40. The van der Waals surface area contributed by atoms with Gasteiger partial charge in [0, 0.05) is 17.6 Å². The van der Waals surface area contributed by atoms with Gasteiger partial charge in [-0.3, -0.25) is 4.74 Å². The predicted octanol–water partition coefficient (Wildman–Crippen LogP) is 0.952. The fraction of sp³-hybridized carbons (Fsp3) is 0.545. The normalized spacial score (nSPS) is 22.1. The van der Waals surface area contributed by atoms with E-state index in [4.69, 9.17) is 0 Å². The van der Waals surface area contributed by atoms with Crippen LogP contribution in [0.2, 0.25) is 0 Å². The average molecular weight is 235 g/mol. The second-order valence-electron chi connectivity index (χ2n) is 5.10. The van der Waals surface area contributed by atoms with Gasteiger partial charge in [-0.2, -0.15) is 0 Å². The molecule has 2 rings (SSSR count). The molecule has 0 unspecified atom stereocenters. The van der Waals surface area contributed by atoms with Crippen LogP contribution in [0.1, 0.15) is 33.5 Å². The molecule has 6 nitrogen and oxygen atoms in total. The standard InChI is InChI=1S/C11H15N4O2/c1-10(2)11(3,4)15(17)9(14(10)16)8-12-6-5-7-13-8/h5-7H,1-4H3. The van der Waals surface area contributed by atoms with Crippen molar-refractivity contribution < 1.29 is 9.95 Å². The van der Waals surface area contributed by atoms with E-state index in [0.717, 1.165) is 0 Å². The van der Waals surface area contributed by atoms with E-state index in [9.17, 15) is 10.4 Å². The van der Waals surface area contributed by atoms with E-state index in [1.54, 1.807) is 33.8 Å². The van der Waals surface area contributed by atoms with Crippen molar-refractivity contribution in [3.63, 3.8) is 0 Å². The maximum absolute atomic E-state index is 12.2. The van der Waals surface area contributed by atoms with Crippen LogP contribution in [-0.2, 0) is 5.21 Å². The third-order valence-corrected chi connectivity index (χ3v) is 3.66. The predicted molar refractivity (Wildman–Crippen MR) is 60.5 cm³/mol. The molecule has 2 heterocycles. The van der Waals surface area contributed by atoms with Crippen LogP contribution < -0.4 is 0 Å². The molecule has 0 spiro atoms. The van der Waals surface area contributed by atoms with Crippen LogP contribution in [-0.4, -0.2) is 36.7 Å². The van der Waals surface area contributed by atoms with Gasteiger partial charge in [-0.05, 0) is 33.8 Å². The Morgan fingerprint density at radius 1 is 1.24 bits per heavy atom. The molecular formula is C11H15N4O2. The molecule has 0 N–H and O–H groups in total. The largest absolute Gasteiger partial charge is 0.714 e. The zero-order valence-corrected chi connectivity index (χ0v) is 10.3. The monoisotopic (exact) mass is 235 g/mol. The van der Waals surface area contributed by atoms with E-state index in [1.807, 2.05) is 0 Å². The maximum atomic E-state index is 12.2. The highest BCUT2D eigenvalue weighted by molar-refractivity contribution is 5.92. The molecule has 0 bridgehead atoms. The van der Waals surface area contributed by atoms with Gasteiger partial charge in [0.1, 0.15) is 5.54 Å². The Hall–Kier alpha value is -1.69. The summed E-state index contributed by atoms with van der Waals surface area (Å²) in [5, 5.41) is 25.1. The summed E-state index contributed by atoms with van der Waals surface area (Å²) in [4.78, 5) is 7.92. The summed E-state index contributed by atoms with van der Waals surface area (Å²) < 4.78 is 0.704. The van der Waals surface area contributed by atoms with Gasteiger partial charge in [0.2, 0.25) is 5.82 Å². The first-order chi connectivity index (χ1) is 7.80. The van der Waals surface area contributed by atoms with E-state index >= 15 is 0 Å². The average Bonchev–Trinajstić information content (AvgIpc) is 2.40.